The first kappa shape index (κ1) is 21.8. The van der Waals surface area contributed by atoms with Gasteiger partial charge in [0.05, 0.1) is 11.1 Å². The molecule has 1 saturated heterocycles. The van der Waals surface area contributed by atoms with Crippen molar-refractivity contribution < 1.29 is 31.1 Å². The molecule has 1 aliphatic rings. The molecule has 0 spiro atoms. The second-order valence-electron chi connectivity index (χ2n) is 6.83. The van der Waals surface area contributed by atoms with Crippen LogP contribution in [0.4, 0.5) is 26.3 Å². The quantitative estimate of drug-likeness (QED) is 0.582. The SMILES string of the molecule is CNCC1CN(C(=O)C=Cn2cnc(-c3cc(C(F)(F)F)cc(C(F)(F)F)c3)n2)C1. The summed E-state index contributed by atoms with van der Waals surface area (Å²) in [5, 5.41) is 6.86. The van der Waals surface area contributed by atoms with E-state index >= 15 is 0 Å². The molecule has 6 nitrogen and oxygen atoms in total. The first-order chi connectivity index (χ1) is 14.0. The molecule has 1 fully saturated rings. The molecule has 0 saturated carbocycles. The van der Waals surface area contributed by atoms with Crippen molar-refractivity contribution in [3.63, 3.8) is 0 Å². The Morgan fingerprint density at radius 1 is 1.13 bits per heavy atom. The van der Waals surface area contributed by atoms with Crippen molar-refractivity contribution in [2.45, 2.75) is 12.4 Å². The zero-order valence-electron chi connectivity index (χ0n) is 15.6. The molecule has 12 heteroatoms. The summed E-state index contributed by atoms with van der Waals surface area (Å²) in [6.07, 6.45) is -6.39. The topological polar surface area (TPSA) is 63.1 Å². The molecule has 0 atom stereocenters. The summed E-state index contributed by atoms with van der Waals surface area (Å²) in [5.41, 5.74) is -3.35. The molecule has 0 aliphatic carbocycles. The number of hydrogen-bond acceptors (Lipinski definition) is 4. The molecule has 162 valence electrons. The second kappa shape index (κ2) is 8.09. The third-order valence-electron chi connectivity index (χ3n) is 4.49. The first-order valence-electron chi connectivity index (χ1n) is 8.80. The van der Waals surface area contributed by atoms with Crippen LogP contribution < -0.4 is 5.32 Å². The zero-order valence-corrected chi connectivity index (χ0v) is 15.6. The highest BCUT2D eigenvalue weighted by Crippen LogP contribution is 2.38. The predicted molar refractivity (Wildman–Crippen MR) is 94.8 cm³/mol. The van der Waals surface area contributed by atoms with E-state index in [2.05, 4.69) is 15.4 Å². The predicted octanol–water partition coefficient (Wildman–Crippen LogP) is 3.13. The molecular weight excluding hydrogens is 416 g/mol. The summed E-state index contributed by atoms with van der Waals surface area (Å²) in [7, 11) is 1.81. The van der Waals surface area contributed by atoms with E-state index in [0.29, 0.717) is 31.1 Å². The third kappa shape index (κ3) is 4.99. The largest absolute Gasteiger partial charge is 0.416 e. The fourth-order valence-electron chi connectivity index (χ4n) is 2.98. The second-order valence-corrected chi connectivity index (χ2v) is 6.83. The molecule has 2 aromatic rings. The number of halogens is 6. The van der Waals surface area contributed by atoms with Gasteiger partial charge in [0.2, 0.25) is 5.91 Å². The normalized spacial score (nSPS) is 15.6. The first-order valence-corrected chi connectivity index (χ1v) is 8.80. The van der Waals surface area contributed by atoms with Crippen LogP contribution in [0.25, 0.3) is 17.6 Å². The molecule has 0 radical (unpaired) electrons. The summed E-state index contributed by atoms with van der Waals surface area (Å²) < 4.78 is 79.0. The number of aromatic nitrogens is 3. The van der Waals surface area contributed by atoms with E-state index in [4.69, 9.17) is 0 Å². The average molecular weight is 433 g/mol. The molecular formula is C18H17F6N5O. The molecule has 1 amide bonds. The van der Waals surface area contributed by atoms with Gasteiger partial charge in [-0.15, -0.1) is 5.10 Å². The van der Waals surface area contributed by atoms with Crippen molar-refractivity contribution in [2.24, 2.45) is 5.92 Å². The number of benzene rings is 1. The third-order valence-corrected chi connectivity index (χ3v) is 4.49. The maximum absolute atomic E-state index is 13.0. The number of alkyl halides is 6. The average Bonchev–Trinajstić information content (AvgIpc) is 3.09. The molecule has 1 N–H and O–H groups in total. The van der Waals surface area contributed by atoms with E-state index in [1.807, 2.05) is 7.05 Å². The Kier molecular flexibility index (Phi) is 5.88. The monoisotopic (exact) mass is 433 g/mol. The van der Waals surface area contributed by atoms with E-state index in [1.165, 1.54) is 12.3 Å². The Morgan fingerprint density at radius 2 is 1.73 bits per heavy atom. The highest BCUT2D eigenvalue weighted by Gasteiger charge is 2.37. The van der Waals surface area contributed by atoms with E-state index in [9.17, 15) is 31.1 Å². The lowest BCUT2D eigenvalue weighted by molar-refractivity contribution is -0.143. The van der Waals surface area contributed by atoms with Crippen LogP contribution in [0, 0.1) is 5.92 Å². The van der Waals surface area contributed by atoms with Crippen LogP contribution in [0.1, 0.15) is 11.1 Å². The van der Waals surface area contributed by atoms with Crippen LogP contribution in [0.15, 0.2) is 30.6 Å². The molecule has 2 heterocycles. The van der Waals surface area contributed by atoms with E-state index < -0.39 is 29.0 Å². The van der Waals surface area contributed by atoms with Crippen LogP contribution in [-0.2, 0) is 17.1 Å². The van der Waals surface area contributed by atoms with E-state index in [0.717, 1.165) is 17.6 Å². The number of hydrogen-bond donors (Lipinski definition) is 1. The fraction of sp³-hybridized carbons (Fsp3) is 0.389. The van der Waals surface area contributed by atoms with Gasteiger partial charge in [-0.25, -0.2) is 9.67 Å². The van der Waals surface area contributed by atoms with Gasteiger partial charge < -0.3 is 10.2 Å². The fourth-order valence-corrected chi connectivity index (χ4v) is 2.98. The Hall–Kier alpha value is -2.89. The maximum atomic E-state index is 13.0. The standard InChI is InChI=1S/C18H17F6N5O/c1-25-7-11-8-28(9-11)15(30)2-3-29-10-26-16(27-29)12-4-13(17(19,20)21)6-14(5-12)18(22,23)24/h2-6,10-11,25H,7-9H2,1H3. The van der Waals surface area contributed by atoms with Gasteiger partial charge in [0.25, 0.3) is 0 Å². The summed E-state index contributed by atoms with van der Waals surface area (Å²) in [4.78, 5) is 17.4. The van der Waals surface area contributed by atoms with Crippen LogP contribution in [0.5, 0.6) is 0 Å². The summed E-state index contributed by atoms with van der Waals surface area (Å²) in [6.45, 7) is 1.98. The minimum Gasteiger partial charge on any atom is -0.338 e. The molecule has 0 bridgehead atoms. The van der Waals surface area contributed by atoms with Crippen LogP contribution in [0.2, 0.25) is 0 Å². The lowest BCUT2D eigenvalue weighted by atomic mass is 10.0. The van der Waals surface area contributed by atoms with Gasteiger partial charge in [-0.2, -0.15) is 26.3 Å². The van der Waals surface area contributed by atoms with Gasteiger partial charge >= 0.3 is 12.4 Å². The minimum absolute atomic E-state index is 0.0352. The van der Waals surface area contributed by atoms with Gasteiger partial charge in [0.15, 0.2) is 5.82 Å². The molecule has 3 rings (SSSR count). The van der Waals surface area contributed by atoms with Gasteiger partial charge in [-0.3, -0.25) is 4.79 Å². The number of likely N-dealkylation sites (tertiary alicyclic amines) is 1. The maximum Gasteiger partial charge on any atom is 0.416 e. The summed E-state index contributed by atoms with van der Waals surface area (Å²) >= 11 is 0. The number of carbonyl (C=O) groups is 1. The molecule has 1 aliphatic heterocycles. The van der Waals surface area contributed by atoms with Crippen molar-refractivity contribution in [1.82, 2.24) is 25.0 Å². The van der Waals surface area contributed by atoms with E-state index in [-0.39, 0.29) is 17.8 Å². The van der Waals surface area contributed by atoms with E-state index in [1.54, 1.807) is 4.90 Å². The zero-order chi connectivity index (χ0) is 22.1. The highest BCUT2D eigenvalue weighted by atomic mass is 19.4. The Morgan fingerprint density at radius 3 is 2.27 bits per heavy atom. The number of nitrogens with zero attached hydrogens (tertiary/aromatic N) is 4. The molecule has 1 aromatic carbocycles. The summed E-state index contributed by atoms with van der Waals surface area (Å²) in [6, 6.07) is 1.13. The van der Waals surface area contributed by atoms with Crippen molar-refractivity contribution in [3.8, 4) is 11.4 Å². The Labute approximate surface area is 167 Å². The molecule has 30 heavy (non-hydrogen) atoms. The van der Waals surface area contributed by atoms with Crippen molar-refractivity contribution >= 4 is 12.1 Å². The van der Waals surface area contributed by atoms with Crippen molar-refractivity contribution in [3.05, 3.63) is 41.7 Å². The number of nitrogens with one attached hydrogen (secondary N) is 1. The lowest BCUT2D eigenvalue weighted by Crippen LogP contribution is -2.52. The van der Waals surface area contributed by atoms with Gasteiger partial charge in [0, 0.05) is 43.4 Å². The van der Waals surface area contributed by atoms with Crippen molar-refractivity contribution in [1.29, 1.82) is 0 Å². The Bertz CT molecular complexity index is 911. The lowest BCUT2D eigenvalue weighted by Gasteiger charge is -2.38. The number of rotatable bonds is 5. The molecule has 1 aromatic heterocycles. The van der Waals surface area contributed by atoms with Crippen LogP contribution >= 0.6 is 0 Å². The van der Waals surface area contributed by atoms with Gasteiger partial charge in [0.1, 0.15) is 6.33 Å². The minimum atomic E-state index is -4.97. The van der Waals surface area contributed by atoms with Crippen LogP contribution in [0.3, 0.4) is 0 Å². The van der Waals surface area contributed by atoms with Gasteiger partial charge in [-0.05, 0) is 25.2 Å². The molecule has 0 unspecified atom stereocenters. The van der Waals surface area contributed by atoms with Gasteiger partial charge in [-0.1, -0.05) is 0 Å². The smallest absolute Gasteiger partial charge is 0.338 e. The van der Waals surface area contributed by atoms with Crippen molar-refractivity contribution in [2.75, 3.05) is 26.7 Å². The highest BCUT2D eigenvalue weighted by molar-refractivity contribution is 5.90. The summed E-state index contributed by atoms with van der Waals surface area (Å²) in [5.74, 6) is -0.242. The van der Waals surface area contributed by atoms with Crippen LogP contribution in [-0.4, -0.2) is 52.3 Å². The Balaban J connectivity index is 1.78. The number of amides is 1. The number of carbonyl (C=O) groups excluding carboxylic acids is 1.